The minimum atomic E-state index is -0.804. The maximum Gasteiger partial charge on any atom is 0.411 e. The lowest BCUT2D eigenvalue weighted by Gasteiger charge is -2.25. The van der Waals surface area contributed by atoms with Crippen LogP contribution >= 0.6 is 0 Å². The maximum atomic E-state index is 13.1. The summed E-state index contributed by atoms with van der Waals surface area (Å²) in [7, 11) is 0. The third kappa shape index (κ3) is 5.46. The lowest BCUT2D eigenvalue weighted by molar-refractivity contribution is -0.126. The number of hydrogen-bond donors (Lipinski definition) is 2. The van der Waals surface area contributed by atoms with Crippen LogP contribution < -0.4 is 10.6 Å². The van der Waals surface area contributed by atoms with E-state index in [4.69, 9.17) is 4.74 Å². The first-order valence-corrected chi connectivity index (χ1v) is 10.9. The summed E-state index contributed by atoms with van der Waals surface area (Å²) < 4.78 is 5.68. The number of amides is 3. The highest BCUT2D eigenvalue weighted by Crippen LogP contribution is 2.34. The first-order valence-electron chi connectivity index (χ1n) is 10.9. The van der Waals surface area contributed by atoms with Crippen molar-refractivity contribution in [3.05, 3.63) is 65.2 Å². The van der Waals surface area contributed by atoms with Crippen LogP contribution in [0.3, 0.4) is 0 Å². The summed E-state index contributed by atoms with van der Waals surface area (Å²) in [6, 6.07) is 14.0. The molecule has 2 N–H and O–H groups in total. The molecule has 0 bridgehead atoms. The third-order valence-electron chi connectivity index (χ3n) is 5.25. The minimum absolute atomic E-state index is 0.0757. The van der Waals surface area contributed by atoms with E-state index < -0.39 is 18.2 Å². The lowest BCUT2D eigenvalue weighted by atomic mass is 10.00. The summed E-state index contributed by atoms with van der Waals surface area (Å²) in [6.45, 7) is 9.65. The van der Waals surface area contributed by atoms with Crippen LogP contribution in [0, 0.1) is 12.8 Å². The zero-order valence-electron chi connectivity index (χ0n) is 19.2. The molecule has 7 heteroatoms. The quantitative estimate of drug-likeness (QED) is 0.680. The van der Waals surface area contributed by atoms with E-state index >= 15 is 0 Å². The Kier molecular flexibility index (Phi) is 7.18. The normalized spacial score (nSPS) is 18.1. The van der Waals surface area contributed by atoms with Crippen LogP contribution in [0.5, 0.6) is 0 Å². The van der Waals surface area contributed by atoms with Gasteiger partial charge in [0.2, 0.25) is 11.8 Å². The van der Waals surface area contributed by atoms with Gasteiger partial charge in [0.1, 0.15) is 0 Å². The number of anilines is 1. The van der Waals surface area contributed by atoms with E-state index in [2.05, 4.69) is 10.6 Å². The first kappa shape index (κ1) is 23.3. The maximum absolute atomic E-state index is 13.1. The van der Waals surface area contributed by atoms with Crippen LogP contribution in [0.4, 0.5) is 10.5 Å². The Hall–Kier alpha value is -3.35. The van der Waals surface area contributed by atoms with Gasteiger partial charge in [0, 0.05) is 17.6 Å². The lowest BCUT2D eigenvalue weighted by Crippen LogP contribution is -2.48. The zero-order valence-corrected chi connectivity index (χ0v) is 19.2. The molecule has 1 heterocycles. The second kappa shape index (κ2) is 9.85. The topological polar surface area (TPSA) is 87.7 Å². The number of benzene rings is 2. The van der Waals surface area contributed by atoms with Crippen molar-refractivity contribution in [2.45, 2.75) is 59.4 Å². The highest BCUT2D eigenvalue weighted by molar-refractivity contribution is 5.92. The van der Waals surface area contributed by atoms with Gasteiger partial charge in [0.25, 0.3) is 0 Å². The molecule has 2 atom stereocenters. The Morgan fingerprint density at radius 1 is 1.06 bits per heavy atom. The minimum Gasteiger partial charge on any atom is -0.438 e. The number of rotatable bonds is 7. The van der Waals surface area contributed by atoms with Crippen LogP contribution in [0.25, 0.3) is 0 Å². The highest BCUT2D eigenvalue weighted by Gasteiger charge is 2.47. The number of nitrogens with one attached hydrogen (secondary N) is 2. The standard InChI is InChI=1S/C25H31N3O4/c1-15(2)23(29)27-20-11-9-19(10-12-20)22-21(24(30)26-16(3)4)28(25(31)32-22)14-18-8-6-7-17(5)13-18/h6-13,15-16,21-22H,14H2,1-5H3,(H,26,30)(H,27,29). The molecule has 0 aromatic heterocycles. The zero-order chi connectivity index (χ0) is 23.4. The molecule has 1 aliphatic rings. The molecule has 3 rings (SSSR count). The van der Waals surface area contributed by atoms with Crippen LogP contribution in [0.2, 0.25) is 0 Å². The van der Waals surface area contributed by atoms with Crippen LogP contribution in [0.15, 0.2) is 48.5 Å². The summed E-state index contributed by atoms with van der Waals surface area (Å²) in [5, 5.41) is 5.75. The Bertz CT molecular complexity index is 985. The van der Waals surface area contributed by atoms with E-state index in [0.717, 1.165) is 11.1 Å². The van der Waals surface area contributed by atoms with Gasteiger partial charge in [-0.2, -0.15) is 0 Å². The number of nitrogens with zero attached hydrogens (tertiary/aromatic N) is 1. The second-order valence-electron chi connectivity index (χ2n) is 8.80. The summed E-state index contributed by atoms with van der Waals surface area (Å²) in [5.74, 6) is -0.478. The summed E-state index contributed by atoms with van der Waals surface area (Å²) in [6.07, 6.45) is -1.28. The predicted octanol–water partition coefficient (Wildman–Crippen LogP) is 4.18. The fourth-order valence-electron chi connectivity index (χ4n) is 3.63. The average molecular weight is 438 g/mol. The predicted molar refractivity (Wildman–Crippen MR) is 123 cm³/mol. The number of aryl methyl sites for hydroxylation is 1. The first-order chi connectivity index (χ1) is 15.2. The second-order valence-corrected chi connectivity index (χ2v) is 8.80. The van der Waals surface area contributed by atoms with Gasteiger partial charge in [0.15, 0.2) is 12.1 Å². The summed E-state index contributed by atoms with van der Waals surface area (Å²) in [5.41, 5.74) is 3.35. The van der Waals surface area contributed by atoms with E-state index in [1.165, 1.54) is 4.90 Å². The third-order valence-corrected chi connectivity index (χ3v) is 5.25. The van der Waals surface area contributed by atoms with Gasteiger partial charge in [-0.1, -0.05) is 55.8 Å². The van der Waals surface area contributed by atoms with Crippen molar-refractivity contribution in [3.63, 3.8) is 0 Å². The Balaban J connectivity index is 1.87. The molecule has 0 saturated carbocycles. The van der Waals surface area contributed by atoms with Gasteiger partial charge in [-0.15, -0.1) is 0 Å². The van der Waals surface area contributed by atoms with E-state index in [1.807, 2.05) is 58.9 Å². The molecule has 0 radical (unpaired) electrons. The van der Waals surface area contributed by atoms with E-state index in [-0.39, 0.29) is 30.3 Å². The van der Waals surface area contributed by atoms with Gasteiger partial charge in [-0.3, -0.25) is 14.5 Å². The molecule has 2 unspecified atom stereocenters. The number of hydrogen-bond acceptors (Lipinski definition) is 4. The number of carbonyl (C=O) groups excluding carboxylic acids is 3. The van der Waals surface area contributed by atoms with Crippen LogP contribution in [0.1, 0.15) is 50.5 Å². The van der Waals surface area contributed by atoms with E-state index in [0.29, 0.717) is 11.3 Å². The van der Waals surface area contributed by atoms with E-state index in [1.54, 1.807) is 24.3 Å². The number of carbonyl (C=O) groups is 3. The molecule has 0 aliphatic carbocycles. The van der Waals surface area contributed by atoms with Crippen LogP contribution in [-0.4, -0.2) is 34.9 Å². The molecule has 1 aliphatic heterocycles. The van der Waals surface area contributed by atoms with Crippen molar-refractivity contribution in [1.29, 1.82) is 0 Å². The summed E-state index contributed by atoms with van der Waals surface area (Å²) >= 11 is 0. The largest absolute Gasteiger partial charge is 0.438 e. The molecular formula is C25H31N3O4. The van der Waals surface area contributed by atoms with Crippen molar-refractivity contribution in [1.82, 2.24) is 10.2 Å². The molecule has 0 spiro atoms. The van der Waals surface area contributed by atoms with Gasteiger partial charge in [-0.05, 0) is 44.0 Å². The van der Waals surface area contributed by atoms with Gasteiger partial charge in [-0.25, -0.2) is 4.79 Å². The molecule has 32 heavy (non-hydrogen) atoms. The SMILES string of the molecule is Cc1cccc(CN2C(=O)OC(c3ccc(NC(=O)C(C)C)cc3)C2C(=O)NC(C)C)c1. The van der Waals surface area contributed by atoms with Gasteiger partial charge >= 0.3 is 6.09 Å². The fraction of sp³-hybridized carbons (Fsp3) is 0.400. The molecule has 2 aromatic rings. The van der Waals surface area contributed by atoms with Crippen molar-refractivity contribution in [2.75, 3.05) is 5.32 Å². The Morgan fingerprint density at radius 3 is 2.34 bits per heavy atom. The average Bonchev–Trinajstić information content (AvgIpc) is 3.04. The fourth-order valence-corrected chi connectivity index (χ4v) is 3.63. The molecule has 1 saturated heterocycles. The molecule has 2 aromatic carbocycles. The van der Waals surface area contributed by atoms with Crippen molar-refractivity contribution >= 4 is 23.6 Å². The van der Waals surface area contributed by atoms with Gasteiger partial charge in [0.05, 0.1) is 6.54 Å². The molecule has 170 valence electrons. The van der Waals surface area contributed by atoms with E-state index in [9.17, 15) is 14.4 Å². The molecule has 7 nitrogen and oxygen atoms in total. The van der Waals surface area contributed by atoms with Gasteiger partial charge < -0.3 is 15.4 Å². The van der Waals surface area contributed by atoms with Crippen molar-refractivity contribution in [3.8, 4) is 0 Å². The molecule has 1 fully saturated rings. The Morgan fingerprint density at radius 2 is 1.75 bits per heavy atom. The highest BCUT2D eigenvalue weighted by atomic mass is 16.6. The monoisotopic (exact) mass is 437 g/mol. The number of ether oxygens (including phenoxy) is 1. The van der Waals surface area contributed by atoms with Crippen LogP contribution in [-0.2, 0) is 20.9 Å². The Labute approximate surface area is 189 Å². The molecular weight excluding hydrogens is 406 g/mol. The smallest absolute Gasteiger partial charge is 0.411 e. The summed E-state index contributed by atoms with van der Waals surface area (Å²) in [4.78, 5) is 39.3. The van der Waals surface area contributed by atoms with Crippen molar-refractivity contribution in [2.24, 2.45) is 5.92 Å². The number of cyclic esters (lactones) is 1. The molecule has 3 amide bonds. The van der Waals surface area contributed by atoms with Crippen molar-refractivity contribution < 1.29 is 19.1 Å².